The van der Waals surface area contributed by atoms with Crippen molar-refractivity contribution in [2.24, 2.45) is 0 Å². The normalized spacial score (nSPS) is 19.0. The van der Waals surface area contributed by atoms with Crippen molar-refractivity contribution in [3.63, 3.8) is 0 Å². The van der Waals surface area contributed by atoms with E-state index in [0.29, 0.717) is 23.8 Å². The summed E-state index contributed by atoms with van der Waals surface area (Å²) in [5, 5.41) is 11.6. The number of carboxylic acids is 1. The molecule has 0 aromatic carbocycles. The third kappa shape index (κ3) is 3.36. The fourth-order valence-electron chi connectivity index (χ4n) is 2.81. The molecule has 1 aromatic heterocycles. The summed E-state index contributed by atoms with van der Waals surface area (Å²) in [7, 11) is 0. The van der Waals surface area contributed by atoms with Gasteiger partial charge < -0.3 is 10.0 Å². The van der Waals surface area contributed by atoms with Crippen LogP contribution in [-0.2, 0) is 20.8 Å². The first kappa shape index (κ1) is 15.9. The van der Waals surface area contributed by atoms with E-state index in [0.717, 1.165) is 19.3 Å². The fraction of sp³-hybridized carbons (Fsp3) is 0.600. The van der Waals surface area contributed by atoms with Crippen LogP contribution in [0.2, 0.25) is 0 Å². The zero-order valence-electron chi connectivity index (χ0n) is 12.9. The van der Waals surface area contributed by atoms with Crippen molar-refractivity contribution in [3.05, 3.63) is 11.1 Å². The Kier molecular flexibility index (Phi) is 4.34. The van der Waals surface area contributed by atoms with E-state index in [1.165, 1.54) is 23.2 Å². The zero-order valence-corrected chi connectivity index (χ0v) is 13.7. The molecule has 7 nitrogen and oxygen atoms in total. The minimum Gasteiger partial charge on any atom is -0.480 e. The van der Waals surface area contributed by atoms with Crippen LogP contribution in [0.3, 0.4) is 0 Å². The maximum atomic E-state index is 12.5. The number of hydrogen-bond donors (Lipinski definition) is 1. The monoisotopic (exact) mass is 337 g/mol. The molecular weight excluding hydrogens is 318 g/mol. The number of hydrogen-bond acceptors (Lipinski definition) is 5. The SMILES string of the molecule is CC(C(=O)O)N(C(=O)Cc1csc(N2CCCC2=O)n1)C1CC1. The number of nitrogens with zero attached hydrogens (tertiary/aromatic N) is 3. The third-order valence-corrected chi connectivity index (χ3v) is 5.09. The molecule has 1 aliphatic carbocycles. The molecule has 124 valence electrons. The van der Waals surface area contributed by atoms with Gasteiger partial charge >= 0.3 is 5.97 Å². The van der Waals surface area contributed by atoms with Crippen molar-refractivity contribution >= 4 is 34.3 Å². The largest absolute Gasteiger partial charge is 0.480 e. The van der Waals surface area contributed by atoms with Crippen molar-refractivity contribution in [2.75, 3.05) is 11.4 Å². The van der Waals surface area contributed by atoms with Crippen LogP contribution in [0.1, 0.15) is 38.3 Å². The molecule has 1 unspecified atom stereocenters. The Morgan fingerprint density at radius 2 is 2.26 bits per heavy atom. The van der Waals surface area contributed by atoms with E-state index in [-0.39, 0.29) is 24.3 Å². The third-order valence-electron chi connectivity index (χ3n) is 4.18. The van der Waals surface area contributed by atoms with Gasteiger partial charge in [-0.2, -0.15) is 0 Å². The predicted octanol–water partition coefficient (Wildman–Crippen LogP) is 1.28. The molecule has 8 heteroatoms. The molecule has 1 N–H and O–H groups in total. The highest BCUT2D eigenvalue weighted by atomic mass is 32.1. The van der Waals surface area contributed by atoms with E-state index in [1.807, 2.05) is 0 Å². The molecule has 2 heterocycles. The van der Waals surface area contributed by atoms with Gasteiger partial charge in [0.25, 0.3) is 0 Å². The first-order valence-corrected chi connectivity index (χ1v) is 8.64. The van der Waals surface area contributed by atoms with Gasteiger partial charge in [-0.1, -0.05) is 0 Å². The van der Waals surface area contributed by atoms with Gasteiger partial charge in [0.05, 0.1) is 12.1 Å². The summed E-state index contributed by atoms with van der Waals surface area (Å²) in [6, 6.07) is -0.792. The Morgan fingerprint density at radius 3 is 2.83 bits per heavy atom. The average Bonchev–Trinajstić information content (AvgIpc) is 3.05. The molecule has 0 radical (unpaired) electrons. The lowest BCUT2D eigenvalue weighted by Gasteiger charge is -2.26. The van der Waals surface area contributed by atoms with Crippen LogP contribution in [0.25, 0.3) is 0 Å². The van der Waals surface area contributed by atoms with Gasteiger partial charge in [0.15, 0.2) is 5.13 Å². The summed E-state index contributed by atoms with van der Waals surface area (Å²) < 4.78 is 0. The van der Waals surface area contributed by atoms with Gasteiger partial charge in [0.1, 0.15) is 6.04 Å². The Morgan fingerprint density at radius 1 is 1.52 bits per heavy atom. The number of carboxylic acid groups (broad SMARTS) is 1. The minimum atomic E-state index is -0.994. The smallest absolute Gasteiger partial charge is 0.326 e. The molecule has 23 heavy (non-hydrogen) atoms. The summed E-state index contributed by atoms with van der Waals surface area (Å²) in [5.74, 6) is -1.14. The van der Waals surface area contributed by atoms with Crippen LogP contribution in [0.4, 0.5) is 5.13 Å². The Labute approximate surface area is 137 Å². The molecule has 0 bridgehead atoms. The Bertz CT molecular complexity index is 640. The van der Waals surface area contributed by atoms with Gasteiger partial charge in [-0.25, -0.2) is 9.78 Å². The number of aliphatic carboxylic acids is 1. The van der Waals surface area contributed by atoms with Gasteiger partial charge in [-0.3, -0.25) is 14.5 Å². The summed E-state index contributed by atoms with van der Waals surface area (Å²) in [5.41, 5.74) is 0.595. The van der Waals surface area contributed by atoms with Gasteiger partial charge in [-0.05, 0) is 26.2 Å². The van der Waals surface area contributed by atoms with E-state index in [1.54, 1.807) is 10.3 Å². The van der Waals surface area contributed by atoms with Crippen LogP contribution in [-0.4, -0.2) is 51.4 Å². The van der Waals surface area contributed by atoms with E-state index in [2.05, 4.69) is 4.98 Å². The van der Waals surface area contributed by atoms with Crippen molar-refractivity contribution < 1.29 is 19.5 Å². The van der Waals surface area contributed by atoms with E-state index < -0.39 is 12.0 Å². The van der Waals surface area contributed by atoms with Crippen LogP contribution in [0.5, 0.6) is 0 Å². The van der Waals surface area contributed by atoms with Crippen molar-refractivity contribution in [1.29, 1.82) is 0 Å². The molecule has 1 aromatic rings. The predicted molar refractivity (Wildman–Crippen MR) is 84.4 cm³/mol. The zero-order chi connectivity index (χ0) is 16.6. The van der Waals surface area contributed by atoms with Crippen molar-refractivity contribution in [1.82, 2.24) is 9.88 Å². The molecule has 2 fully saturated rings. The highest BCUT2D eigenvalue weighted by Gasteiger charge is 2.38. The van der Waals surface area contributed by atoms with Gasteiger partial charge in [-0.15, -0.1) is 11.3 Å². The quantitative estimate of drug-likeness (QED) is 0.844. The number of amides is 2. The standard InChI is InChI=1S/C15H19N3O4S/c1-9(14(21)22)18(11-4-5-11)13(20)7-10-8-23-15(16-10)17-6-2-3-12(17)19/h8-9,11H,2-7H2,1H3,(H,21,22). The lowest BCUT2D eigenvalue weighted by atomic mass is 10.2. The maximum absolute atomic E-state index is 12.5. The van der Waals surface area contributed by atoms with Gasteiger partial charge in [0, 0.05) is 24.4 Å². The summed E-state index contributed by atoms with van der Waals surface area (Å²) >= 11 is 1.35. The highest BCUT2D eigenvalue weighted by molar-refractivity contribution is 7.14. The number of carbonyl (C=O) groups is 3. The molecular formula is C15H19N3O4S. The number of aromatic nitrogens is 1. The van der Waals surface area contributed by atoms with Crippen molar-refractivity contribution in [2.45, 2.75) is 51.1 Å². The lowest BCUT2D eigenvalue weighted by Crippen LogP contribution is -2.45. The first-order valence-electron chi connectivity index (χ1n) is 7.76. The Balaban J connectivity index is 1.68. The molecule has 2 aliphatic rings. The first-order chi connectivity index (χ1) is 11.0. The number of thiazole rings is 1. The van der Waals surface area contributed by atoms with Gasteiger partial charge in [0.2, 0.25) is 11.8 Å². The van der Waals surface area contributed by atoms with Crippen molar-refractivity contribution in [3.8, 4) is 0 Å². The van der Waals surface area contributed by atoms with Crippen LogP contribution in [0, 0.1) is 0 Å². The minimum absolute atomic E-state index is 0.0341. The fourth-order valence-corrected chi connectivity index (χ4v) is 3.67. The second-order valence-electron chi connectivity index (χ2n) is 5.99. The van der Waals surface area contributed by atoms with Crippen LogP contribution in [0.15, 0.2) is 5.38 Å². The number of carbonyl (C=O) groups excluding carboxylic acids is 2. The average molecular weight is 337 g/mol. The number of anilines is 1. The summed E-state index contributed by atoms with van der Waals surface area (Å²) in [6.45, 7) is 2.21. The Hall–Kier alpha value is -1.96. The summed E-state index contributed by atoms with van der Waals surface area (Å²) in [4.78, 5) is 42.9. The summed E-state index contributed by atoms with van der Waals surface area (Å²) in [6.07, 6.45) is 3.16. The second kappa shape index (κ2) is 6.27. The second-order valence-corrected chi connectivity index (χ2v) is 6.83. The topological polar surface area (TPSA) is 90.8 Å². The van der Waals surface area contributed by atoms with Crippen LogP contribution < -0.4 is 4.90 Å². The van der Waals surface area contributed by atoms with E-state index in [4.69, 9.17) is 5.11 Å². The molecule has 2 amide bonds. The molecule has 3 rings (SSSR count). The van der Waals surface area contributed by atoms with Crippen LogP contribution >= 0.6 is 11.3 Å². The molecule has 1 atom stereocenters. The highest BCUT2D eigenvalue weighted by Crippen LogP contribution is 2.30. The van der Waals surface area contributed by atoms with E-state index in [9.17, 15) is 14.4 Å². The molecule has 1 saturated carbocycles. The molecule has 1 aliphatic heterocycles. The number of rotatable bonds is 6. The maximum Gasteiger partial charge on any atom is 0.326 e. The molecule has 1 saturated heterocycles. The lowest BCUT2D eigenvalue weighted by molar-refractivity contribution is -0.149. The molecule has 0 spiro atoms. The van der Waals surface area contributed by atoms with E-state index >= 15 is 0 Å².